The van der Waals surface area contributed by atoms with Crippen molar-refractivity contribution in [2.45, 2.75) is 50.6 Å². The van der Waals surface area contributed by atoms with Gasteiger partial charge in [0.05, 0.1) is 6.61 Å². The summed E-state index contributed by atoms with van der Waals surface area (Å²) in [5.74, 6) is 0.944. The van der Waals surface area contributed by atoms with Gasteiger partial charge >= 0.3 is 0 Å². The number of nitrogens with two attached hydrogens (primary N) is 1. The Bertz CT molecular complexity index is 459. The lowest BCUT2D eigenvalue weighted by Crippen LogP contribution is -2.40. The fourth-order valence-electron chi connectivity index (χ4n) is 2.54. The molecule has 1 amide bonds. The fourth-order valence-corrected chi connectivity index (χ4v) is 2.92. The summed E-state index contributed by atoms with van der Waals surface area (Å²) >= 11 is 3.40. The van der Waals surface area contributed by atoms with Crippen LogP contribution in [0.3, 0.4) is 0 Å². The SMILES string of the molecule is NC1CCC(NC(=O)CCCOc2cccc(Br)c2)CC1. The van der Waals surface area contributed by atoms with E-state index in [0.717, 1.165) is 42.3 Å². The molecule has 4 nitrogen and oxygen atoms in total. The van der Waals surface area contributed by atoms with Crippen molar-refractivity contribution in [2.24, 2.45) is 5.73 Å². The van der Waals surface area contributed by atoms with Gasteiger partial charge in [-0.1, -0.05) is 22.0 Å². The van der Waals surface area contributed by atoms with Gasteiger partial charge in [0.15, 0.2) is 0 Å². The molecular formula is C16H23BrN2O2. The van der Waals surface area contributed by atoms with E-state index in [0.29, 0.717) is 25.1 Å². The number of hydrogen-bond acceptors (Lipinski definition) is 3. The Kier molecular flexibility index (Phi) is 6.51. The topological polar surface area (TPSA) is 64.3 Å². The van der Waals surface area contributed by atoms with Crippen LogP contribution in [0.15, 0.2) is 28.7 Å². The van der Waals surface area contributed by atoms with Crippen LogP contribution in [0.4, 0.5) is 0 Å². The first-order valence-electron chi connectivity index (χ1n) is 7.57. The smallest absolute Gasteiger partial charge is 0.220 e. The molecular weight excluding hydrogens is 332 g/mol. The first-order valence-corrected chi connectivity index (χ1v) is 8.36. The summed E-state index contributed by atoms with van der Waals surface area (Å²) in [5, 5.41) is 3.09. The van der Waals surface area contributed by atoms with Crippen molar-refractivity contribution in [3.8, 4) is 5.75 Å². The minimum atomic E-state index is 0.119. The molecule has 0 aliphatic heterocycles. The predicted molar refractivity (Wildman–Crippen MR) is 87.2 cm³/mol. The minimum absolute atomic E-state index is 0.119. The summed E-state index contributed by atoms with van der Waals surface area (Å²) in [6, 6.07) is 8.35. The lowest BCUT2D eigenvalue weighted by atomic mass is 9.92. The number of rotatable bonds is 6. The van der Waals surface area contributed by atoms with E-state index in [2.05, 4.69) is 21.2 Å². The Morgan fingerprint density at radius 3 is 2.81 bits per heavy atom. The third-order valence-corrected chi connectivity index (χ3v) is 4.24. The molecule has 1 aromatic rings. The van der Waals surface area contributed by atoms with Gasteiger partial charge in [-0.05, 0) is 50.3 Å². The Balaban J connectivity index is 1.59. The van der Waals surface area contributed by atoms with Crippen LogP contribution in [0, 0.1) is 0 Å². The van der Waals surface area contributed by atoms with Crippen LogP contribution in [-0.4, -0.2) is 24.6 Å². The van der Waals surface area contributed by atoms with Crippen molar-refractivity contribution in [3.05, 3.63) is 28.7 Å². The van der Waals surface area contributed by atoms with E-state index in [1.165, 1.54) is 0 Å². The number of nitrogens with one attached hydrogen (secondary N) is 1. The van der Waals surface area contributed by atoms with E-state index >= 15 is 0 Å². The predicted octanol–water partition coefficient (Wildman–Crippen LogP) is 2.99. The molecule has 21 heavy (non-hydrogen) atoms. The number of benzene rings is 1. The molecule has 1 fully saturated rings. The second-order valence-corrected chi connectivity index (χ2v) is 6.50. The Labute approximate surface area is 134 Å². The standard InChI is InChI=1S/C16H23BrN2O2/c17-12-3-1-4-15(11-12)21-10-2-5-16(20)19-14-8-6-13(18)7-9-14/h1,3-4,11,13-14H,2,5-10,18H2,(H,19,20). The van der Waals surface area contributed by atoms with Gasteiger partial charge in [-0.3, -0.25) is 4.79 Å². The maximum atomic E-state index is 11.9. The highest BCUT2D eigenvalue weighted by molar-refractivity contribution is 9.10. The number of amides is 1. The van der Waals surface area contributed by atoms with Gasteiger partial charge in [-0.15, -0.1) is 0 Å². The highest BCUT2D eigenvalue weighted by atomic mass is 79.9. The summed E-state index contributed by atoms with van der Waals surface area (Å²) in [6.45, 7) is 0.555. The van der Waals surface area contributed by atoms with Crippen LogP contribution >= 0.6 is 15.9 Å². The second kappa shape index (κ2) is 8.39. The lowest BCUT2D eigenvalue weighted by Gasteiger charge is -2.26. The summed E-state index contributed by atoms with van der Waals surface area (Å²) in [4.78, 5) is 11.9. The van der Waals surface area contributed by atoms with Gasteiger partial charge < -0.3 is 15.8 Å². The van der Waals surface area contributed by atoms with Crippen molar-refractivity contribution in [1.82, 2.24) is 5.32 Å². The van der Waals surface area contributed by atoms with Crippen molar-refractivity contribution < 1.29 is 9.53 Å². The number of hydrogen-bond donors (Lipinski definition) is 2. The van der Waals surface area contributed by atoms with E-state index in [4.69, 9.17) is 10.5 Å². The zero-order valence-electron chi connectivity index (χ0n) is 12.2. The maximum Gasteiger partial charge on any atom is 0.220 e. The minimum Gasteiger partial charge on any atom is -0.494 e. The van der Waals surface area contributed by atoms with Crippen LogP contribution in [0.25, 0.3) is 0 Å². The molecule has 0 heterocycles. The number of carbonyl (C=O) groups is 1. The average molecular weight is 355 g/mol. The molecule has 0 atom stereocenters. The summed E-state index contributed by atoms with van der Waals surface area (Å²) in [5.41, 5.74) is 5.86. The quantitative estimate of drug-likeness (QED) is 0.771. The first-order chi connectivity index (χ1) is 10.1. The first kappa shape index (κ1) is 16.3. The molecule has 0 bridgehead atoms. The zero-order valence-corrected chi connectivity index (χ0v) is 13.8. The molecule has 116 valence electrons. The van der Waals surface area contributed by atoms with E-state index in [1.807, 2.05) is 24.3 Å². The zero-order chi connectivity index (χ0) is 15.1. The van der Waals surface area contributed by atoms with Gasteiger partial charge in [0.1, 0.15) is 5.75 Å². The maximum absolute atomic E-state index is 11.9. The van der Waals surface area contributed by atoms with Crippen molar-refractivity contribution in [2.75, 3.05) is 6.61 Å². The molecule has 2 rings (SSSR count). The van der Waals surface area contributed by atoms with Gasteiger partial charge in [-0.2, -0.15) is 0 Å². The van der Waals surface area contributed by atoms with E-state index in [9.17, 15) is 4.79 Å². The molecule has 0 spiro atoms. The largest absolute Gasteiger partial charge is 0.494 e. The Morgan fingerprint density at radius 2 is 2.10 bits per heavy atom. The molecule has 0 saturated heterocycles. The van der Waals surface area contributed by atoms with E-state index in [-0.39, 0.29) is 5.91 Å². The average Bonchev–Trinajstić information content (AvgIpc) is 2.46. The van der Waals surface area contributed by atoms with E-state index in [1.54, 1.807) is 0 Å². The summed E-state index contributed by atoms with van der Waals surface area (Å²) < 4.78 is 6.61. The molecule has 1 saturated carbocycles. The molecule has 0 aromatic heterocycles. The third kappa shape index (κ3) is 6.06. The molecule has 0 radical (unpaired) electrons. The highest BCUT2D eigenvalue weighted by Crippen LogP contribution is 2.18. The second-order valence-electron chi connectivity index (χ2n) is 5.59. The molecule has 1 aliphatic rings. The lowest BCUT2D eigenvalue weighted by molar-refractivity contribution is -0.122. The van der Waals surface area contributed by atoms with Gasteiger partial charge in [0.25, 0.3) is 0 Å². The van der Waals surface area contributed by atoms with E-state index < -0.39 is 0 Å². The van der Waals surface area contributed by atoms with Crippen LogP contribution in [0.2, 0.25) is 0 Å². The summed E-state index contributed by atoms with van der Waals surface area (Å²) in [7, 11) is 0. The highest BCUT2D eigenvalue weighted by Gasteiger charge is 2.19. The molecule has 0 unspecified atom stereocenters. The monoisotopic (exact) mass is 354 g/mol. The molecule has 1 aromatic carbocycles. The van der Waals surface area contributed by atoms with Crippen LogP contribution in [0.1, 0.15) is 38.5 Å². The fraction of sp³-hybridized carbons (Fsp3) is 0.562. The number of ether oxygens (including phenoxy) is 1. The van der Waals surface area contributed by atoms with Crippen molar-refractivity contribution in [3.63, 3.8) is 0 Å². The van der Waals surface area contributed by atoms with Gasteiger partial charge in [-0.25, -0.2) is 0 Å². The van der Waals surface area contributed by atoms with Crippen molar-refractivity contribution in [1.29, 1.82) is 0 Å². The Morgan fingerprint density at radius 1 is 1.33 bits per heavy atom. The van der Waals surface area contributed by atoms with Crippen LogP contribution < -0.4 is 15.8 Å². The van der Waals surface area contributed by atoms with Crippen LogP contribution in [-0.2, 0) is 4.79 Å². The summed E-state index contributed by atoms with van der Waals surface area (Å²) in [6.07, 6.45) is 5.26. The Hall–Kier alpha value is -1.07. The molecule has 5 heteroatoms. The van der Waals surface area contributed by atoms with Crippen molar-refractivity contribution >= 4 is 21.8 Å². The third-order valence-electron chi connectivity index (χ3n) is 3.75. The number of halogens is 1. The molecule has 3 N–H and O–H groups in total. The normalized spacial score (nSPS) is 21.8. The van der Waals surface area contributed by atoms with Gasteiger partial charge in [0, 0.05) is 23.0 Å². The number of carbonyl (C=O) groups excluding carboxylic acids is 1. The van der Waals surface area contributed by atoms with Crippen LogP contribution in [0.5, 0.6) is 5.75 Å². The molecule has 1 aliphatic carbocycles. The van der Waals surface area contributed by atoms with Gasteiger partial charge in [0.2, 0.25) is 5.91 Å².